The van der Waals surface area contributed by atoms with Crippen molar-refractivity contribution in [2.24, 2.45) is 5.92 Å². The van der Waals surface area contributed by atoms with Gasteiger partial charge in [-0.15, -0.1) is 0 Å². The Hall–Kier alpha value is -1.06. The quantitative estimate of drug-likeness (QED) is 0.837. The number of para-hydroxylation sites is 1. The minimum Gasteiger partial charge on any atom is -0.389 e. The Balaban J connectivity index is 1.68. The van der Waals surface area contributed by atoms with Crippen molar-refractivity contribution < 1.29 is 9.84 Å². The molecule has 112 valence electrons. The van der Waals surface area contributed by atoms with E-state index in [0.717, 1.165) is 24.4 Å². The van der Waals surface area contributed by atoms with Crippen LogP contribution < -0.4 is 5.32 Å². The van der Waals surface area contributed by atoms with E-state index < -0.39 is 6.10 Å². The number of anilines is 1. The fraction of sp³-hybridized carbons (Fsp3) is 0.647. The molecule has 0 aliphatic heterocycles. The van der Waals surface area contributed by atoms with Crippen LogP contribution in [-0.4, -0.2) is 30.5 Å². The van der Waals surface area contributed by atoms with Gasteiger partial charge in [0.15, 0.2) is 0 Å². The minimum absolute atomic E-state index is 0.340. The number of aliphatic hydroxyl groups excluding tert-OH is 1. The number of nitrogens with one attached hydrogen (secondary N) is 1. The minimum atomic E-state index is -0.452. The molecule has 2 N–H and O–H groups in total. The fourth-order valence-corrected chi connectivity index (χ4v) is 2.83. The number of aryl methyl sites for hydroxylation is 1. The lowest BCUT2D eigenvalue weighted by atomic mass is 9.89. The normalized spacial score (nSPS) is 24.4. The van der Waals surface area contributed by atoms with Gasteiger partial charge in [-0.05, 0) is 37.3 Å². The van der Waals surface area contributed by atoms with Gasteiger partial charge in [0.25, 0.3) is 0 Å². The number of hydrogen-bond acceptors (Lipinski definition) is 3. The molecule has 1 fully saturated rings. The topological polar surface area (TPSA) is 41.5 Å². The van der Waals surface area contributed by atoms with Crippen LogP contribution in [-0.2, 0) is 4.74 Å². The Labute approximate surface area is 122 Å². The maximum Gasteiger partial charge on any atom is 0.0945 e. The van der Waals surface area contributed by atoms with E-state index in [1.165, 1.54) is 18.4 Å². The fourth-order valence-electron chi connectivity index (χ4n) is 2.83. The van der Waals surface area contributed by atoms with Crippen molar-refractivity contribution in [3.8, 4) is 0 Å². The summed E-state index contributed by atoms with van der Waals surface area (Å²) >= 11 is 0. The Morgan fingerprint density at radius 1 is 1.35 bits per heavy atom. The zero-order chi connectivity index (χ0) is 14.4. The number of hydrogen-bond donors (Lipinski definition) is 2. The molecule has 1 aromatic rings. The Morgan fingerprint density at radius 3 is 2.90 bits per heavy atom. The smallest absolute Gasteiger partial charge is 0.0945 e. The summed E-state index contributed by atoms with van der Waals surface area (Å²) < 4.78 is 5.84. The van der Waals surface area contributed by atoms with Gasteiger partial charge >= 0.3 is 0 Å². The van der Waals surface area contributed by atoms with Crippen LogP contribution in [0.2, 0.25) is 0 Å². The summed E-state index contributed by atoms with van der Waals surface area (Å²) in [6.45, 7) is 5.31. The first-order valence-electron chi connectivity index (χ1n) is 7.74. The Bertz CT molecular complexity index is 408. The first kappa shape index (κ1) is 15.3. The van der Waals surface area contributed by atoms with Gasteiger partial charge in [0.2, 0.25) is 0 Å². The lowest BCUT2D eigenvalue weighted by molar-refractivity contribution is -0.0274. The molecule has 3 nitrogen and oxygen atoms in total. The van der Waals surface area contributed by atoms with Crippen LogP contribution in [0.4, 0.5) is 5.69 Å². The highest BCUT2D eigenvalue weighted by molar-refractivity contribution is 5.50. The second-order valence-electron chi connectivity index (χ2n) is 6.08. The van der Waals surface area contributed by atoms with Gasteiger partial charge in [-0.1, -0.05) is 38.0 Å². The first-order chi connectivity index (χ1) is 9.65. The number of ether oxygens (including phenoxy) is 1. The summed E-state index contributed by atoms with van der Waals surface area (Å²) in [5, 5.41) is 13.3. The van der Waals surface area contributed by atoms with Crippen LogP contribution >= 0.6 is 0 Å². The van der Waals surface area contributed by atoms with Crippen molar-refractivity contribution in [2.45, 2.75) is 51.7 Å². The highest BCUT2D eigenvalue weighted by Crippen LogP contribution is 2.25. The second-order valence-corrected chi connectivity index (χ2v) is 6.08. The summed E-state index contributed by atoms with van der Waals surface area (Å²) in [5.74, 6) is 0.760. The molecular formula is C17H27NO2. The molecule has 0 radical (unpaired) electrons. The Morgan fingerprint density at radius 2 is 2.15 bits per heavy atom. The van der Waals surface area contributed by atoms with Crippen LogP contribution in [0.15, 0.2) is 24.3 Å². The van der Waals surface area contributed by atoms with Crippen molar-refractivity contribution in [1.82, 2.24) is 0 Å². The molecule has 3 atom stereocenters. The van der Waals surface area contributed by atoms with Crippen molar-refractivity contribution in [3.63, 3.8) is 0 Å². The van der Waals surface area contributed by atoms with Crippen LogP contribution in [0.1, 0.15) is 38.2 Å². The number of benzene rings is 1. The van der Waals surface area contributed by atoms with E-state index in [4.69, 9.17) is 4.74 Å². The largest absolute Gasteiger partial charge is 0.389 e. The van der Waals surface area contributed by atoms with Gasteiger partial charge in [-0.2, -0.15) is 0 Å². The van der Waals surface area contributed by atoms with Crippen LogP contribution in [0.5, 0.6) is 0 Å². The van der Waals surface area contributed by atoms with E-state index in [9.17, 15) is 5.11 Å². The average Bonchev–Trinajstić information content (AvgIpc) is 2.44. The highest BCUT2D eigenvalue weighted by atomic mass is 16.5. The van der Waals surface area contributed by atoms with Gasteiger partial charge in [-0.25, -0.2) is 0 Å². The van der Waals surface area contributed by atoms with E-state index in [0.29, 0.717) is 19.3 Å². The third kappa shape index (κ3) is 4.80. The van der Waals surface area contributed by atoms with Crippen LogP contribution in [0.25, 0.3) is 0 Å². The van der Waals surface area contributed by atoms with E-state index in [1.54, 1.807) is 0 Å². The van der Waals surface area contributed by atoms with Crippen molar-refractivity contribution >= 4 is 5.69 Å². The summed E-state index contributed by atoms with van der Waals surface area (Å²) in [4.78, 5) is 0. The third-order valence-corrected chi connectivity index (χ3v) is 4.09. The van der Waals surface area contributed by atoms with Gasteiger partial charge in [0.1, 0.15) is 0 Å². The second kappa shape index (κ2) is 7.65. The molecule has 0 heterocycles. The SMILES string of the molecule is Cc1ccccc1NCC(O)COC1CCCC(C)C1. The molecule has 1 aromatic carbocycles. The van der Waals surface area contributed by atoms with Gasteiger partial charge in [0, 0.05) is 12.2 Å². The zero-order valence-corrected chi connectivity index (χ0v) is 12.6. The summed E-state index contributed by atoms with van der Waals surface area (Å²) in [6, 6.07) is 8.12. The molecule has 0 aromatic heterocycles. The molecule has 2 rings (SSSR count). The third-order valence-electron chi connectivity index (χ3n) is 4.09. The van der Waals surface area contributed by atoms with E-state index in [2.05, 4.69) is 25.2 Å². The molecule has 0 bridgehead atoms. The first-order valence-corrected chi connectivity index (χ1v) is 7.74. The monoisotopic (exact) mass is 277 g/mol. The van der Waals surface area contributed by atoms with Crippen molar-refractivity contribution in [3.05, 3.63) is 29.8 Å². The van der Waals surface area contributed by atoms with Crippen LogP contribution in [0, 0.1) is 12.8 Å². The molecule has 1 saturated carbocycles. The Kier molecular flexibility index (Phi) is 5.86. The summed E-state index contributed by atoms with van der Waals surface area (Å²) in [5.41, 5.74) is 2.28. The number of aliphatic hydroxyl groups is 1. The molecule has 1 aliphatic rings. The van der Waals surface area contributed by atoms with E-state index in [1.807, 2.05) is 18.2 Å². The van der Waals surface area contributed by atoms with Gasteiger partial charge in [0.05, 0.1) is 18.8 Å². The molecule has 0 spiro atoms. The van der Waals surface area contributed by atoms with E-state index in [-0.39, 0.29) is 0 Å². The average molecular weight is 277 g/mol. The van der Waals surface area contributed by atoms with Gasteiger partial charge in [-0.3, -0.25) is 0 Å². The lowest BCUT2D eigenvalue weighted by Crippen LogP contribution is -2.30. The molecule has 3 heteroatoms. The zero-order valence-electron chi connectivity index (χ0n) is 12.6. The maximum absolute atomic E-state index is 10.0. The van der Waals surface area contributed by atoms with E-state index >= 15 is 0 Å². The van der Waals surface area contributed by atoms with Gasteiger partial charge < -0.3 is 15.2 Å². The predicted molar refractivity (Wildman–Crippen MR) is 83.0 cm³/mol. The predicted octanol–water partition coefficient (Wildman–Crippen LogP) is 3.36. The van der Waals surface area contributed by atoms with Crippen molar-refractivity contribution in [2.75, 3.05) is 18.5 Å². The molecule has 3 unspecified atom stereocenters. The molecule has 0 amide bonds. The standard InChI is InChI=1S/C17H27NO2/c1-13-6-5-8-16(10-13)20-12-15(19)11-18-17-9-4-3-7-14(17)2/h3-4,7,9,13,15-16,18-19H,5-6,8,10-12H2,1-2H3. The highest BCUT2D eigenvalue weighted by Gasteiger charge is 2.20. The summed E-state index contributed by atoms with van der Waals surface area (Å²) in [7, 11) is 0. The number of rotatable bonds is 6. The molecular weight excluding hydrogens is 250 g/mol. The maximum atomic E-state index is 10.0. The van der Waals surface area contributed by atoms with Crippen molar-refractivity contribution in [1.29, 1.82) is 0 Å². The summed E-state index contributed by atoms with van der Waals surface area (Å²) in [6.07, 6.45) is 4.74. The van der Waals surface area contributed by atoms with Crippen LogP contribution in [0.3, 0.4) is 0 Å². The molecule has 20 heavy (non-hydrogen) atoms. The molecule has 1 aliphatic carbocycles. The molecule has 0 saturated heterocycles. The lowest BCUT2D eigenvalue weighted by Gasteiger charge is -2.27.